The Morgan fingerprint density at radius 1 is 0.742 bits per heavy atom. The predicted octanol–water partition coefficient (Wildman–Crippen LogP) is 6.03. The first-order valence-corrected chi connectivity index (χ1v) is 10.9. The highest BCUT2D eigenvalue weighted by Crippen LogP contribution is 2.24. The fourth-order valence-electron chi connectivity index (χ4n) is 4.07. The molecule has 0 amide bonds. The largest absolute Gasteiger partial charge is 0.309 e. The third-order valence-electron chi connectivity index (χ3n) is 5.82. The quantitative estimate of drug-likeness (QED) is 0.351. The fourth-order valence-corrected chi connectivity index (χ4v) is 4.07. The molecule has 0 saturated heterocycles. The second kappa shape index (κ2) is 10.3. The lowest BCUT2D eigenvalue weighted by Crippen LogP contribution is -2.41. The van der Waals surface area contributed by atoms with Crippen molar-refractivity contribution in [2.24, 2.45) is 0 Å². The van der Waals surface area contributed by atoms with Gasteiger partial charge in [-0.2, -0.15) is 0 Å². The molecule has 0 radical (unpaired) electrons. The molecular weight excluding hydrogens is 383 g/mol. The molecule has 0 spiro atoms. The summed E-state index contributed by atoms with van der Waals surface area (Å²) in [5.74, 6) is -0.162. The lowest BCUT2D eigenvalue weighted by Gasteiger charge is -2.23. The Labute approximate surface area is 184 Å². The average Bonchev–Trinajstić information content (AvgIpc) is 2.82. The minimum atomic E-state index is -0.162. The first kappa shape index (κ1) is 21.2. The molecule has 4 rings (SSSR count). The number of nitrogens with one attached hydrogen (secondary N) is 2. The standard InChI is InChI=1S/C28H29FN2/c1-21(26-16-9-14-23-12-5-7-15-27(23)26)30-20-25(18-22-10-3-2-4-11-22)31-19-24-13-6-8-17-28(24)29/h2-17,21,25,30-31H,18-20H2,1H3. The number of benzene rings is 4. The van der Waals surface area contributed by atoms with Crippen LogP contribution in [0.3, 0.4) is 0 Å². The van der Waals surface area contributed by atoms with E-state index in [1.165, 1.54) is 28.0 Å². The van der Waals surface area contributed by atoms with Crippen LogP contribution >= 0.6 is 0 Å². The number of hydrogen-bond donors (Lipinski definition) is 2. The van der Waals surface area contributed by atoms with Gasteiger partial charge in [-0.1, -0.05) is 91.0 Å². The van der Waals surface area contributed by atoms with Crippen molar-refractivity contribution in [2.45, 2.75) is 32.0 Å². The molecule has 0 aliphatic heterocycles. The Kier molecular flexibility index (Phi) is 7.08. The second-order valence-corrected chi connectivity index (χ2v) is 8.06. The summed E-state index contributed by atoms with van der Waals surface area (Å²) in [7, 11) is 0. The average molecular weight is 413 g/mol. The molecule has 0 aliphatic carbocycles. The Balaban J connectivity index is 1.46. The summed E-state index contributed by atoms with van der Waals surface area (Å²) in [6, 6.07) is 32.8. The van der Waals surface area contributed by atoms with Crippen molar-refractivity contribution in [3.05, 3.63) is 120 Å². The number of rotatable bonds is 9. The van der Waals surface area contributed by atoms with Gasteiger partial charge in [-0.05, 0) is 41.3 Å². The van der Waals surface area contributed by atoms with E-state index in [1.807, 2.05) is 18.2 Å². The van der Waals surface area contributed by atoms with Gasteiger partial charge in [0.25, 0.3) is 0 Å². The van der Waals surface area contributed by atoms with E-state index in [0.29, 0.717) is 12.1 Å². The van der Waals surface area contributed by atoms with Crippen molar-refractivity contribution in [1.82, 2.24) is 10.6 Å². The van der Waals surface area contributed by atoms with Crippen LogP contribution in [0.5, 0.6) is 0 Å². The second-order valence-electron chi connectivity index (χ2n) is 8.06. The van der Waals surface area contributed by atoms with Crippen molar-refractivity contribution in [2.75, 3.05) is 6.54 Å². The molecule has 3 heteroatoms. The van der Waals surface area contributed by atoms with Crippen LogP contribution in [-0.4, -0.2) is 12.6 Å². The van der Waals surface area contributed by atoms with Crippen LogP contribution in [0.1, 0.15) is 29.7 Å². The maximum Gasteiger partial charge on any atom is 0.127 e. The maximum absolute atomic E-state index is 14.1. The van der Waals surface area contributed by atoms with Crippen LogP contribution in [0.4, 0.5) is 4.39 Å². The molecule has 2 unspecified atom stereocenters. The van der Waals surface area contributed by atoms with E-state index in [-0.39, 0.29) is 17.9 Å². The first-order valence-electron chi connectivity index (χ1n) is 10.9. The van der Waals surface area contributed by atoms with Crippen LogP contribution in [0, 0.1) is 5.82 Å². The van der Waals surface area contributed by atoms with Gasteiger partial charge in [0.05, 0.1) is 0 Å². The van der Waals surface area contributed by atoms with E-state index in [0.717, 1.165) is 13.0 Å². The minimum Gasteiger partial charge on any atom is -0.309 e. The van der Waals surface area contributed by atoms with Crippen LogP contribution in [-0.2, 0) is 13.0 Å². The Morgan fingerprint density at radius 3 is 2.29 bits per heavy atom. The van der Waals surface area contributed by atoms with E-state index < -0.39 is 0 Å². The molecule has 2 nitrogen and oxygen atoms in total. The van der Waals surface area contributed by atoms with Gasteiger partial charge in [-0.25, -0.2) is 4.39 Å². The van der Waals surface area contributed by atoms with Crippen LogP contribution in [0.25, 0.3) is 10.8 Å². The van der Waals surface area contributed by atoms with Crippen molar-refractivity contribution in [3.63, 3.8) is 0 Å². The minimum absolute atomic E-state index is 0.162. The Bertz CT molecular complexity index is 1100. The highest BCUT2D eigenvalue weighted by molar-refractivity contribution is 5.86. The Hall–Kier alpha value is -3.01. The van der Waals surface area contributed by atoms with E-state index in [1.54, 1.807) is 6.07 Å². The monoisotopic (exact) mass is 412 g/mol. The molecule has 4 aromatic carbocycles. The summed E-state index contributed by atoms with van der Waals surface area (Å²) in [4.78, 5) is 0. The van der Waals surface area contributed by atoms with Gasteiger partial charge in [0.2, 0.25) is 0 Å². The molecule has 0 heterocycles. The van der Waals surface area contributed by atoms with Crippen molar-refractivity contribution >= 4 is 10.8 Å². The zero-order chi connectivity index (χ0) is 21.5. The highest BCUT2D eigenvalue weighted by atomic mass is 19.1. The maximum atomic E-state index is 14.1. The van der Waals surface area contributed by atoms with Gasteiger partial charge in [0.15, 0.2) is 0 Å². The molecule has 4 aromatic rings. The smallest absolute Gasteiger partial charge is 0.127 e. The molecule has 158 valence electrons. The van der Waals surface area contributed by atoms with Crippen LogP contribution < -0.4 is 10.6 Å². The molecule has 0 bridgehead atoms. The summed E-state index contributed by atoms with van der Waals surface area (Å²) < 4.78 is 14.1. The van der Waals surface area contributed by atoms with Crippen LogP contribution in [0.2, 0.25) is 0 Å². The van der Waals surface area contributed by atoms with Gasteiger partial charge in [-0.15, -0.1) is 0 Å². The molecule has 2 atom stereocenters. The molecule has 0 aliphatic rings. The van der Waals surface area contributed by atoms with Gasteiger partial charge < -0.3 is 10.6 Å². The number of halogens is 1. The van der Waals surface area contributed by atoms with Gasteiger partial charge in [0.1, 0.15) is 5.82 Å². The van der Waals surface area contributed by atoms with E-state index in [9.17, 15) is 4.39 Å². The van der Waals surface area contributed by atoms with E-state index in [4.69, 9.17) is 0 Å². The van der Waals surface area contributed by atoms with Gasteiger partial charge in [0, 0.05) is 30.7 Å². The highest BCUT2D eigenvalue weighted by Gasteiger charge is 2.14. The Morgan fingerprint density at radius 2 is 1.45 bits per heavy atom. The number of fused-ring (bicyclic) bond motifs is 1. The summed E-state index contributed by atoms with van der Waals surface area (Å²) in [6.07, 6.45) is 0.880. The summed E-state index contributed by atoms with van der Waals surface area (Å²) in [6.45, 7) is 3.50. The molecule has 0 aromatic heterocycles. The molecule has 2 N–H and O–H groups in total. The normalized spacial score (nSPS) is 13.2. The fraction of sp³-hybridized carbons (Fsp3) is 0.214. The first-order chi connectivity index (χ1) is 15.2. The van der Waals surface area contributed by atoms with E-state index in [2.05, 4.69) is 84.3 Å². The van der Waals surface area contributed by atoms with Crippen LogP contribution in [0.15, 0.2) is 97.1 Å². The summed E-state index contributed by atoms with van der Waals surface area (Å²) >= 11 is 0. The van der Waals surface area contributed by atoms with E-state index >= 15 is 0 Å². The zero-order valence-electron chi connectivity index (χ0n) is 17.9. The lowest BCUT2D eigenvalue weighted by atomic mass is 9.99. The molecule has 0 saturated carbocycles. The number of hydrogen-bond acceptors (Lipinski definition) is 2. The van der Waals surface area contributed by atoms with Gasteiger partial charge >= 0.3 is 0 Å². The lowest BCUT2D eigenvalue weighted by molar-refractivity contribution is 0.439. The topological polar surface area (TPSA) is 24.1 Å². The third-order valence-corrected chi connectivity index (χ3v) is 5.82. The summed E-state index contributed by atoms with van der Waals surface area (Å²) in [5, 5.41) is 9.81. The molecule has 0 fully saturated rings. The third kappa shape index (κ3) is 5.57. The summed E-state index contributed by atoms with van der Waals surface area (Å²) in [5.41, 5.74) is 3.27. The van der Waals surface area contributed by atoms with Crippen molar-refractivity contribution in [3.8, 4) is 0 Å². The molecular formula is C28H29FN2. The van der Waals surface area contributed by atoms with Crippen molar-refractivity contribution in [1.29, 1.82) is 0 Å². The molecule has 31 heavy (non-hydrogen) atoms. The zero-order valence-corrected chi connectivity index (χ0v) is 17.9. The van der Waals surface area contributed by atoms with Gasteiger partial charge in [-0.3, -0.25) is 0 Å². The van der Waals surface area contributed by atoms with Crippen molar-refractivity contribution < 1.29 is 4.39 Å². The SMILES string of the molecule is CC(NCC(Cc1ccccc1)NCc1ccccc1F)c1cccc2ccccc12. The predicted molar refractivity (Wildman–Crippen MR) is 128 cm³/mol.